The van der Waals surface area contributed by atoms with Gasteiger partial charge in [-0.2, -0.15) is 0 Å². The van der Waals surface area contributed by atoms with Gasteiger partial charge in [-0.25, -0.2) is 0 Å². The van der Waals surface area contributed by atoms with E-state index in [0.29, 0.717) is 19.3 Å². The molecule has 0 aromatic carbocycles. The Labute approximate surface area is 503 Å². The molecule has 6 nitrogen and oxygen atoms in total. The van der Waals surface area contributed by atoms with Gasteiger partial charge in [-0.1, -0.05) is 331 Å². The van der Waals surface area contributed by atoms with Gasteiger partial charge >= 0.3 is 17.9 Å². The van der Waals surface area contributed by atoms with Crippen molar-refractivity contribution in [3.05, 3.63) is 72.9 Å². The van der Waals surface area contributed by atoms with Crippen LogP contribution in [0.4, 0.5) is 0 Å². The Morgan fingerprint density at radius 3 is 0.778 bits per heavy atom. The van der Waals surface area contributed by atoms with Gasteiger partial charge in [0.15, 0.2) is 6.10 Å². The van der Waals surface area contributed by atoms with E-state index in [1.807, 2.05) is 0 Å². The molecule has 0 aliphatic heterocycles. The molecule has 0 heterocycles. The molecule has 0 spiro atoms. The number of esters is 3. The minimum absolute atomic E-state index is 0.0872. The Morgan fingerprint density at radius 2 is 0.481 bits per heavy atom. The molecule has 0 amide bonds. The Kier molecular flexibility index (Phi) is 66.6. The van der Waals surface area contributed by atoms with Gasteiger partial charge in [-0.15, -0.1) is 0 Å². The smallest absolute Gasteiger partial charge is 0.306 e. The molecule has 0 rings (SSSR count). The lowest BCUT2D eigenvalue weighted by molar-refractivity contribution is -0.167. The van der Waals surface area contributed by atoms with Crippen LogP contribution >= 0.6 is 0 Å². The fourth-order valence-corrected chi connectivity index (χ4v) is 10.4. The van der Waals surface area contributed by atoms with Gasteiger partial charge in [-0.05, 0) is 89.9 Å². The third-order valence-electron chi connectivity index (χ3n) is 15.7. The van der Waals surface area contributed by atoms with E-state index in [4.69, 9.17) is 14.2 Å². The van der Waals surface area contributed by atoms with E-state index < -0.39 is 6.10 Å². The highest BCUT2D eigenvalue weighted by Crippen LogP contribution is 2.18. The molecular formula is C75H134O6. The van der Waals surface area contributed by atoms with Crippen LogP contribution in [0.25, 0.3) is 0 Å². The Bertz CT molecular complexity index is 1490. The first-order chi connectivity index (χ1) is 40.0. The molecule has 1 atom stereocenters. The largest absolute Gasteiger partial charge is 0.462 e. The highest BCUT2D eigenvalue weighted by molar-refractivity contribution is 5.71. The lowest BCUT2D eigenvalue weighted by atomic mass is 10.0. The summed E-state index contributed by atoms with van der Waals surface area (Å²) in [6.07, 6.45) is 90.8. The molecule has 0 bridgehead atoms. The molecule has 0 aromatic heterocycles. The van der Waals surface area contributed by atoms with Gasteiger partial charge in [0.25, 0.3) is 0 Å². The van der Waals surface area contributed by atoms with Crippen molar-refractivity contribution in [2.24, 2.45) is 0 Å². The average Bonchev–Trinajstić information content (AvgIpc) is 3.47. The monoisotopic (exact) mass is 1130 g/mol. The lowest BCUT2D eigenvalue weighted by Crippen LogP contribution is -2.30. The van der Waals surface area contributed by atoms with Crippen LogP contribution in [0, 0.1) is 0 Å². The molecule has 0 radical (unpaired) electrons. The molecule has 1 unspecified atom stereocenters. The number of hydrogen-bond donors (Lipinski definition) is 0. The van der Waals surface area contributed by atoms with Gasteiger partial charge in [-0.3, -0.25) is 14.4 Å². The van der Waals surface area contributed by atoms with Crippen molar-refractivity contribution in [3.8, 4) is 0 Å². The molecule has 0 saturated heterocycles. The van der Waals surface area contributed by atoms with Crippen molar-refractivity contribution in [1.82, 2.24) is 0 Å². The van der Waals surface area contributed by atoms with Gasteiger partial charge in [0.2, 0.25) is 0 Å². The van der Waals surface area contributed by atoms with Crippen LogP contribution in [-0.4, -0.2) is 37.2 Å². The van der Waals surface area contributed by atoms with E-state index in [0.717, 1.165) is 89.9 Å². The minimum atomic E-state index is -0.796. The van der Waals surface area contributed by atoms with Crippen LogP contribution in [0.15, 0.2) is 72.9 Å². The number of ether oxygens (including phenoxy) is 3. The highest BCUT2D eigenvalue weighted by Gasteiger charge is 2.19. The molecule has 0 N–H and O–H groups in total. The summed E-state index contributed by atoms with van der Waals surface area (Å²) < 4.78 is 16.9. The zero-order valence-electron chi connectivity index (χ0n) is 54.1. The summed E-state index contributed by atoms with van der Waals surface area (Å²) in [6, 6.07) is 0. The van der Waals surface area contributed by atoms with Crippen LogP contribution in [0.1, 0.15) is 367 Å². The average molecular weight is 1130 g/mol. The second-order valence-electron chi connectivity index (χ2n) is 23.8. The predicted octanol–water partition coefficient (Wildman–Crippen LogP) is 24.4. The molecule has 470 valence electrons. The van der Waals surface area contributed by atoms with E-state index in [1.54, 1.807) is 0 Å². The number of allylic oxidation sites excluding steroid dienone is 12. The summed E-state index contributed by atoms with van der Waals surface area (Å²) in [5.41, 5.74) is 0. The summed E-state index contributed by atoms with van der Waals surface area (Å²) in [4.78, 5) is 38.4. The first-order valence-electron chi connectivity index (χ1n) is 35.4. The maximum atomic E-state index is 12.9. The molecule has 0 saturated carbocycles. The third kappa shape index (κ3) is 67.5. The highest BCUT2D eigenvalue weighted by atomic mass is 16.6. The van der Waals surface area contributed by atoms with E-state index in [9.17, 15) is 14.4 Å². The van der Waals surface area contributed by atoms with Gasteiger partial charge in [0, 0.05) is 19.3 Å². The van der Waals surface area contributed by atoms with E-state index in [1.165, 1.54) is 238 Å². The van der Waals surface area contributed by atoms with Gasteiger partial charge in [0.05, 0.1) is 0 Å². The number of carbonyl (C=O) groups is 3. The number of unbranched alkanes of at least 4 members (excludes halogenated alkanes) is 42. The molecule has 0 aliphatic carbocycles. The normalized spacial score (nSPS) is 12.5. The number of rotatable bonds is 65. The summed E-state index contributed by atoms with van der Waals surface area (Å²) in [7, 11) is 0. The van der Waals surface area contributed by atoms with Crippen LogP contribution < -0.4 is 0 Å². The summed E-state index contributed by atoms with van der Waals surface area (Å²) >= 11 is 0. The Hall–Kier alpha value is -3.15. The molecule has 6 heteroatoms. The van der Waals surface area contributed by atoms with E-state index in [2.05, 4.69) is 93.7 Å². The van der Waals surface area contributed by atoms with Crippen molar-refractivity contribution in [2.45, 2.75) is 374 Å². The predicted molar refractivity (Wildman–Crippen MR) is 353 cm³/mol. The minimum Gasteiger partial charge on any atom is -0.462 e. The fraction of sp³-hybridized carbons (Fsp3) is 0.800. The number of hydrogen-bond acceptors (Lipinski definition) is 6. The van der Waals surface area contributed by atoms with Crippen LogP contribution in [0.5, 0.6) is 0 Å². The van der Waals surface area contributed by atoms with Gasteiger partial charge < -0.3 is 14.2 Å². The first kappa shape index (κ1) is 77.9. The summed E-state index contributed by atoms with van der Waals surface area (Å²) in [5, 5.41) is 0. The maximum absolute atomic E-state index is 12.9. The van der Waals surface area contributed by atoms with Crippen molar-refractivity contribution < 1.29 is 28.6 Å². The molecular weight excluding hydrogens is 997 g/mol. The van der Waals surface area contributed by atoms with Crippen LogP contribution in [0.3, 0.4) is 0 Å². The molecule has 0 fully saturated rings. The first-order valence-corrected chi connectivity index (χ1v) is 35.4. The van der Waals surface area contributed by atoms with Crippen molar-refractivity contribution >= 4 is 17.9 Å². The standard InChI is InChI=1S/C75H134O6/c1-4-7-10-13-16-19-22-25-28-30-32-34-35-36-37-38-39-41-42-44-47-50-53-56-59-62-65-68-74(77)80-71-72(70-79-73(76)67-64-61-58-55-52-49-46-27-24-21-18-15-12-9-6-3)81-75(78)69-66-63-60-57-54-51-48-45-43-40-33-31-29-26-23-20-17-14-11-8-5-2/h9,12,18,21,23,26-27,31,33,46,52,55,72H,4-8,10-11,13-17,19-20,22,24-25,28-30,32,34-45,47-51,53-54,56-71H2,1-3H3/b12-9-,21-18-,26-23-,33-31-,46-27-,55-52-. The third-order valence-corrected chi connectivity index (χ3v) is 15.7. The summed E-state index contributed by atoms with van der Waals surface area (Å²) in [5.74, 6) is -0.915. The summed E-state index contributed by atoms with van der Waals surface area (Å²) in [6.45, 7) is 6.53. The Morgan fingerprint density at radius 1 is 0.259 bits per heavy atom. The van der Waals surface area contributed by atoms with Gasteiger partial charge in [0.1, 0.15) is 13.2 Å². The van der Waals surface area contributed by atoms with E-state index in [-0.39, 0.29) is 31.1 Å². The van der Waals surface area contributed by atoms with E-state index >= 15 is 0 Å². The van der Waals surface area contributed by atoms with Crippen molar-refractivity contribution in [3.63, 3.8) is 0 Å². The number of carbonyl (C=O) groups excluding carboxylic acids is 3. The molecule has 81 heavy (non-hydrogen) atoms. The second-order valence-corrected chi connectivity index (χ2v) is 23.8. The maximum Gasteiger partial charge on any atom is 0.306 e. The molecule has 0 aliphatic rings. The SMILES string of the molecule is CC/C=C\C/C=C\C/C=C\C/C=C\CCCCC(=O)OCC(COC(=O)CCCCCCCCCCCCCCCCCCCCCCCCCCCCC)OC(=O)CCCCCCCCCCC/C=C\C/C=C\CCCCCCC. The molecule has 0 aromatic rings. The topological polar surface area (TPSA) is 78.9 Å². The zero-order chi connectivity index (χ0) is 58.5. The van der Waals surface area contributed by atoms with Crippen LogP contribution in [0.2, 0.25) is 0 Å². The van der Waals surface area contributed by atoms with Crippen LogP contribution in [-0.2, 0) is 28.6 Å². The quantitative estimate of drug-likeness (QED) is 0.0261. The Balaban J connectivity index is 4.29. The lowest BCUT2D eigenvalue weighted by Gasteiger charge is -2.18. The van der Waals surface area contributed by atoms with Crippen molar-refractivity contribution in [1.29, 1.82) is 0 Å². The second kappa shape index (κ2) is 69.3. The fourth-order valence-electron chi connectivity index (χ4n) is 10.4. The van der Waals surface area contributed by atoms with Crippen molar-refractivity contribution in [2.75, 3.05) is 13.2 Å². The zero-order valence-corrected chi connectivity index (χ0v) is 54.1.